The molecular formula is C9H14NO+. The molecule has 1 aromatic rings. The molecule has 0 fully saturated rings. The molecule has 2 heteroatoms. The first-order valence-electron chi connectivity index (χ1n) is 3.95. The van der Waals surface area contributed by atoms with Gasteiger partial charge in [0.1, 0.15) is 6.10 Å². The Labute approximate surface area is 67.1 Å². The molecule has 0 aliphatic carbocycles. The molecule has 2 nitrogen and oxygen atoms in total. The van der Waals surface area contributed by atoms with E-state index in [1.54, 1.807) is 0 Å². The minimum absolute atomic E-state index is 0.220. The van der Waals surface area contributed by atoms with E-state index in [4.69, 9.17) is 0 Å². The van der Waals surface area contributed by atoms with Gasteiger partial charge in [0.25, 0.3) is 0 Å². The van der Waals surface area contributed by atoms with Gasteiger partial charge in [-0.1, -0.05) is 13.0 Å². The number of aliphatic hydroxyl groups is 1. The van der Waals surface area contributed by atoms with Crippen molar-refractivity contribution in [2.45, 2.75) is 26.0 Å². The van der Waals surface area contributed by atoms with E-state index >= 15 is 0 Å². The Morgan fingerprint density at radius 3 is 2.45 bits per heavy atom. The van der Waals surface area contributed by atoms with Crippen molar-refractivity contribution in [3.05, 3.63) is 30.6 Å². The predicted octanol–water partition coefficient (Wildman–Crippen LogP) is 0.745. The zero-order valence-electron chi connectivity index (χ0n) is 6.77. The Balaban J connectivity index is 2.51. The molecular weight excluding hydrogens is 138 g/mol. The average Bonchev–Trinajstić information content (AvgIpc) is 2.06. The molecule has 60 valence electrons. The van der Waals surface area contributed by atoms with Gasteiger partial charge in [-0.3, -0.25) is 0 Å². The number of hydrogen-bond donors (Lipinski definition) is 1. The van der Waals surface area contributed by atoms with Gasteiger partial charge in [-0.25, -0.2) is 4.57 Å². The molecule has 0 spiro atoms. The van der Waals surface area contributed by atoms with Crippen LogP contribution in [-0.4, -0.2) is 11.2 Å². The van der Waals surface area contributed by atoms with E-state index in [0.717, 1.165) is 6.42 Å². The lowest BCUT2D eigenvalue weighted by Gasteiger charge is -2.01. The summed E-state index contributed by atoms with van der Waals surface area (Å²) < 4.78 is 1.98. The normalized spacial score (nSPS) is 12.9. The Morgan fingerprint density at radius 1 is 1.27 bits per heavy atom. The van der Waals surface area contributed by atoms with Crippen LogP contribution in [0, 0.1) is 0 Å². The molecule has 1 aromatic heterocycles. The average molecular weight is 152 g/mol. The van der Waals surface area contributed by atoms with Crippen LogP contribution < -0.4 is 4.57 Å². The summed E-state index contributed by atoms with van der Waals surface area (Å²) in [5.41, 5.74) is 0. The Kier molecular flexibility index (Phi) is 3.05. The Morgan fingerprint density at radius 2 is 1.91 bits per heavy atom. The summed E-state index contributed by atoms with van der Waals surface area (Å²) in [6, 6.07) is 5.89. The summed E-state index contributed by atoms with van der Waals surface area (Å²) in [4.78, 5) is 0. The van der Waals surface area contributed by atoms with Crippen LogP contribution in [0.3, 0.4) is 0 Å². The molecule has 0 aliphatic rings. The van der Waals surface area contributed by atoms with Gasteiger partial charge in [-0.2, -0.15) is 0 Å². The predicted molar refractivity (Wildman–Crippen MR) is 42.9 cm³/mol. The highest BCUT2D eigenvalue weighted by Crippen LogP contribution is 1.88. The van der Waals surface area contributed by atoms with Crippen molar-refractivity contribution >= 4 is 0 Å². The lowest BCUT2D eigenvalue weighted by Crippen LogP contribution is -2.38. The zero-order chi connectivity index (χ0) is 8.10. The molecule has 0 saturated carbocycles. The maximum absolute atomic E-state index is 9.29. The second kappa shape index (κ2) is 4.09. The van der Waals surface area contributed by atoms with Gasteiger partial charge in [-0.05, 0) is 6.42 Å². The minimum atomic E-state index is -0.220. The third-order valence-corrected chi connectivity index (χ3v) is 1.67. The van der Waals surface area contributed by atoms with Gasteiger partial charge in [0.05, 0.1) is 0 Å². The van der Waals surface area contributed by atoms with Crippen molar-refractivity contribution in [1.29, 1.82) is 0 Å². The van der Waals surface area contributed by atoms with E-state index in [0.29, 0.717) is 6.54 Å². The lowest BCUT2D eigenvalue weighted by atomic mass is 10.3. The quantitative estimate of drug-likeness (QED) is 0.635. The Hall–Kier alpha value is -0.890. The lowest BCUT2D eigenvalue weighted by molar-refractivity contribution is -0.703. The molecule has 0 aliphatic heterocycles. The second-order valence-corrected chi connectivity index (χ2v) is 2.63. The summed E-state index contributed by atoms with van der Waals surface area (Å²) in [5.74, 6) is 0. The molecule has 0 aromatic carbocycles. The number of rotatable bonds is 3. The molecule has 0 saturated heterocycles. The first kappa shape index (κ1) is 8.21. The standard InChI is InChI=1S/C9H14NO/c1-2-9(11)8-10-6-4-3-5-7-10/h3-7,9,11H,2,8H2,1H3/q+1. The van der Waals surface area contributed by atoms with Gasteiger partial charge >= 0.3 is 0 Å². The fourth-order valence-corrected chi connectivity index (χ4v) is 0.928. The van der Waals surface area contributed by atoms with Crippen molar-refractivity contribution in [3.8, 4) is 0 Å². The largest absolute Gasteiger partial charge is 0.387 e. The van der Waals surface area contributed by atoms with E-state index in [-0.39, 0.29) is 6.10 Å². The number of aliphatic hydroxyl groups excluding tert-OH is 1. The fraction of sp³-hybridized carbons (Fsp3) is 0.444. The van der Waals surface area contributed by atoms with Crippen LogP contribution in [0.1, 0.15) is 13.3 Å². The van der Waals surface area contributed by atoms with Crippen LogP contribution in [0.4, 0.5) is 0 Å². The van der Waals surface area contributed by atoms with Crippen molar-refractivity contribution in [2.24, 2.45) is 0 Å². The third kappa shape index (κ3) is 2.68. The van der Waals surface area contributed by atoms with Crippen molar-refractivity contribution in [2.75, 3.05) is 0 Å². The van der Waals surface area contributed by atoms with Gasteiger partial charge < -0.3 is 5.11 Å². The van der Waals surface area contributed by atoms with Crippen LogP contribution in [0.5, 0.6) is 0 Å². The highest BCUT2D eigenvalue weighted by Gasteiger charge is 2.05. The second-order valence-electron chi connectivity index (χ2n) is 2.63. The van der Waals surface area contributed by atoms with Crippen LogP contribution in [0.15, 0.2) is 30.6 Å². The van der Waals surface area contributed by atoms with Gasteiger partial charge in [0, 0.05) is 12.1 Å². The first-order chi connectivity index (χ1) is 5.33. The number of aromatic nitrogens is 1. The third-order valence-electron chi connectivity index (χ3n) is 1.67. The molecule has 0 radical (unpaired) electrons. The molecule has 1 atom stereocenters. The van der Waals surface area contributed by atoms with Crippen LogP contribution in [0.2, 0.25) is 0 Å². The molecule has 1 heterocycles. The maximum atomic E-state index is 9.29. The van der Waals surface area contributed by atoms with Gasteiger partial charge in [0.2, 0.25) is 0 Å². The summed E-state index contributed by atoms with van der Waals surface area (Å²) >= 11 is 0. The molecule has 0 amide bonds. The zero-order valence-corrected chi connectivity index (χ0v) is 6.77. The van der Waals surface area contributed by atoms with Gasteiger partial charge in [0.15, 0.2) is 18.9 Å². The van der Waals surface area contributed by atoms with E-state index in [2.05, 4.69) is 0 Å². The molecule has 1 unspecified atom stereocenters. The fourth-order valence-electron chi connectivity index (χ4n) is 0.928. The monoisotopic (exact) mass is 152 g/mol. The van der Waals surface area contributed by atoms with Crippen LogP contribution in [0.25, 0.3) is 0 Å². The van der Waals surface area contributed by atoms with Crippen LogP contribution >= 0.6 is 0 Å². The SMILES string of the molecule is CCC(O)C[n+]1ccccc1. The minimum Gasteiger partial charge on any atom is -0.387 e. The van der Waals surface area contributed by atoms with Crippen molar-refractivity contribution in [1.82, 2.24) is 0 Å². The van der Waals surface area contributed by atoms with E-state index in [9.17, 15) is 5.11 Å². The topological polar surface area (TPSA) is 24.1 Å². The number of nitrogens with zero attached hydrogens (tertiary/aromatic N) is 1. The first-order valence-corrected chi connectivity index (χ1v) is 3.95. The van der Waals surface area contributed by atoms with E-state index in [1.807, 2.05) is 42.1 Å². The molecule has 1 N–H and O–H groups in total. The van der Waals surface area contributed by atoms with E-state index in [1.165, 1.54) is 0 Å². The number of pyridine rings is 1. The smallest absolute Gasteiger partial charge is 0.174 e. The summed E-state index contributed by atoms with van der Waals surface area (Å²) in [6.45, 7) is 2.67. The van der Waals surface area contributed by atoms with Crippen LogP contribution in [-0.2, 0) is 6.54 Å². The maximum Gasteiger partial charge on any atom is 0.174 e. The Bertz CT molecular complexity index is 198. The highest BCUT2D eigenvalue weighted by atomic mass is 16.3. The summed E-state index contributed by atoms with van der Waals surface area (Å²) in [6.07, 6.45) is 4.50. The van der Waals surface area contributed by atoms with Crippen molar-refractivity contribution < 1.29 is 9.67 Å². The molecule has 1 rings (SSSR count). The molecule has 11 heavy (non-hydrogen) atoms. The summed E-state index contributed by atoms with van der Waals surface area (Å²) in [5, 5.41) is 9.29. The number of hydrogen-bond acceptors (Lipinski definition) is 1. The van der Waals surface area contributed by atoms with Gasteiger partial charge in [-0.15, -0.1) is 0 Å². The van der Waals surface area contributed by atoms with Crippen molar-refractivity contribution in [3.63, 3.8) is 0 Å². The highest BCUT2D eigenvalue weighted by molar-refractivity contribution is 4.83. The van der Waals surface area contributed by atoms with E-state index < -0.39 is 0 Å². The summed E-state index contributed by atoms with van der Waals surface area (Å²) in [7, 11) is 0. The molecule has 0 bridgehead atoms.